The number of carbonyl (C=O) groups excluding carboxylic acids is 8. The Hall–Kier alpha value is -8.08. The second-order valence-electron chi connectivity index (χ2n) is 19.9. The number of benzene rings is 4. The zero-order valence-corrected chi connectivity index (χ0v) is 43.0. The lowest BCUT2D eigenvalue weighted by Crippen LogP contribution is -2.61. The van der Waals surface area contributed by atoms with E-state index < -0.39 is 65.1 Å². The van der Waals surface area contributed by atoms with Crippen LogP contribution < -0.4 is 15.4 Å². The van der Waals surface area contributed by atoms with Crippen molar-refractivity contribution >= 4 is 53.3 Å². The van der Waals surface area contributed by atoms with E-state index in [1.807, 2.05) is 19.1 Å². The summed E-state index contributed by atoms with van der Waals surface area (Å²) in [5.74, 6) is -4.54. The molecule has 75 heavy (non-hydrogen) atoms. The second-order valence-corrected chi connectivity index (χ2v) is 19.9. The largest absolute Gasteiger partial charge is 0.462 e. The third-order valence-corrected chi connectivity index (χ3v) is 13.4. The van der Waals surface area contributed by atoms with Gasteiger partial charge in [0, 0.05) is 43.1 Å². The third kappa shape index (κ3) is 13.8. The molecule has 2 N–H and O–H groups in total. The molecule has 17 nitrogen and oxygen atoms in total. The van der Waals surface area contributed by atoms with E-state index in [1.165, 1.54) is 81.6 Å². The summed E-state index contributed by atoms with van der Waals surface area (Å²) in [4.78, 5) is 105. The van der Waals surface area contributed by atoms with Crippen molar-refractivity contribution in [2.45, 2.75) is 109 Å². The molecule has 0 saturated heterocycles. The Labute approximate surface area is 435 Å². The van der Waals surface area contributed by atoms with Crippen molar-refractivity contribution < 1.29 is 71.5 Å². The maximum atomic E-state index is 14.2. The summed E-state index contributed by atoms with van der Waals surface area (Å²) in [5, 5.41) is 5.26. The van der Waals surface area contributed by atoms with Crippen molar-refractivity contribution in [3.63, 3.8) is 0 Å². The first kappa shape index (κ1) is 54.7. The van der Waals surface area contributed by atoms with Gasteiger partial charge < -0.3 is 43.8 Å². The Morgan fingerprint density at radius 3 is 1.44 bits per heavy atom. The van der Waals surface area contributed by atoms with E-state index in [1.54, 1.807) is 26.0 Å². The Morgan fingerprint density at radius 2 is 1.01 bits per heavy atom. The predicted octanol–water partition coefficient (Wildman–Crippen LogP) is 9.61. The summed E-state index contributed by atoms with van der Waals surface area (Å²) in [5.41, 5.74) is 0.455. The van der Waals surface area contributed by atoms with Crippen LogP contribution in [0.1, 0.15) is 147 Å². The van der Waals surface area contributed by atoms with Gasteiger partial charge >= 0.3 is 35.8 Å². The first-order valence-electron chi connectivity index (χ1n) is 24.8. The van der Waals surface area contributed by atoms with Gasteiger partial charge in [-0.1, -0.05) is 30.9 Å². The summed E-state index contributed by atoms with van der Waals surface area (Å²) in [6.07, 6.45) is 3.33. The van der Waals surface area contributed by atoms with Crippen molar-refractivity contribution in [1.82, 2.24) is 5.32 Å². The summed E-state index contributed by atoms with van der Waals surface area (Å²) < 4.78 is 40.2. The number of amides is 2. The number of ether oxygens (including phenoxy) is 7. The fraction of sp³-hybridized carbons (Fsp3) is 0.379. The van der Waals surface area contributed by atoms with Gasteiger partial charge in [-0.3, -0.25) is 9.59 Å². The minimum atomic E-state index is -0.868. The first-order chi connectivity index (χ1) is 35.6. The van der Waals surface area contributed by atoms with Crippen molar-refractivity contribution in [3.05, 3.63) is 148 Å². The van der Waals surface area contributed by atoms with Gasteiger partial charge in [0.25, 0.3) is 11.8 Å². The number of hydrogen-bond acceptors (Lipinski definition) is 15. The average molecular weight is 1030 g/mol. The van der Waals surface area contributed by atoms with Crippen molar-refractivity contribution in [2.24, 2.45) is 11.8 Å². The Balaban J connectivity index is 1.05. The molecule has 4 aliphatic rings. The van der Waals surface area contributed by atoms with Gasteiger partial charge in [0.2, 0.25) is 0 Å². The monoisotopic (exact) mass is 1030 g/mol. The number of esters is 6. The Morgan fingerprint density at radius 1 is 0.587 bits per heavy atom. The highest BCUT2D eigenvalue weighted by atomic mass is 16.6. The molecule has 0 heterocycles. The lowest BCUT2D eigenvalue weighted by Gasteiger charge is -2.60. The molecule has 0 spiro atoms. The molecule has 4 aliphatic carbocycles. The van der Waals surface area contributed by atoms with Crippen molar-refractivity contribution in [1.29, 1.82) is 0 Å². The molecule has 0 aliphatic heterocycles. The fourth-order valence-electron chi connectivity index (χ4n) is 10.1. The summed E-state index contributed by atoms with van der Waals surface area (Å²) in [6, 6.07) is 21.5. The standard InChI is InChI=1S/C58H62N2O15/c1-33(2)51(63)71-36(6)21-23-69-55(67)45-19-17-43(26-47(45)49(61)59-8)73-44-18-20-46(56(68)70-24-22-37(7)72-52(64)34(3)4)48(27-44)50(62)60-42-15-13-41(14-16-42)54(66)75-58-30-38-25-39(31-58)29-57(28-38,32-58)74-53(65)40-11-9-35(5)10-12-40/h9-20,26-27,36-39H,1,3,21-25,28-32H2,2,4-8H3,(H,59,61)(H,60,62). The minimum Gasteiger partial charge on any atom is -0.462 e. The molecule has 0 aromatic heterocycles. The van der Waals surface area contributed by atoms with Gasteiger partial charge in [0.15, 0.2) is 0 Å². The minimum absolute atomic E-state index is 0.0583. The first-order valence-corrected chi connectivity index (χ1v) is 24.8. The number of rotatable bonds is 21. The molecular weight excluding hydrogens is 965 g/mol. The van der Waals surface area contributed by atoms with Crippen LogP contribution in [-0.4, -0.2) is 91.3 Å². The maximum absolute atomic E-state index is 14.2. The molecular formula is C58H62N2O15. The van der Waals surface area contributed by atoms with Crippen LogP contribution in [0.2, 0.25) is 0 Å². The molecule has 0 radical (unpaired) electrons. The van der Waals surface area contributed by atoms with E-state index in [2.05, 4.69) is 23.8 Å². The second kappa shape index (κ2) is 23.4. The molecule has 4 unspecified atom stereocenters. The smallest absolute Gasteiger partial charge is 0.338 e. The van der Waals surface area contributed by atoms with Crippen LogP contribution in [-0.2, 0) is 38.0 Å². The Kier molecular flexibility index (Phi) is 17.1. The number of aryl methyl sites for hydroxylation is 1. The zero-order valence-electron chi connectivity index (χ0n) is 43.0. The average Bonchev–Trinajstić information content (AvgIpc) is 3.35. The van der Waals surface area contributed by atoms with E-state index in [0.717, 1.165) is 24.8 Å². The van der Waals surface area contributed by atoms with Gasteiger partial charge in [-0.2, -0.15) is 0 Å². The van der Waals surface area contributed by atoms with Gasteiger partial charge in [0.05, 0.1) is 46.6 Å². The lowest BCUT2D eigenvalue weighted by molar-refractivity contribution is -0.200. The molecule has 4 aromatic rings. The number of anilines is 1. The third-order valence-electron chi connectivity index (χ3n) is 13.4. The van der Waals surface area contributed by atoms with Crippen LogP contribution in [0.15, 0.2) is 109 Å². The van der Waals surface area contributed by atoms with E-state index in [0.29, 0.717) is 24.8 Å². The van der Waals surface area contributed by atoms with Crippen LogP contribution in [0.3, 0.4) is 0 Å². The fourth-order valence-corrected chi connectivity index (χ4v) is 10.1. The topological polar surface area (TPSA) is 225 Å². The molecule has 4 bridgehead atoms. The molecule has 17 heteroatoms. The highest BCUT2D eigenvalue weighted by Crippen LogP contribution is 2.60. The number of nitrogens with one attached hydrogen (secondary N) is 2. The quantitative estimate of drug-likeness (QED) is 0.0450. The van der Waals surface area contributed by atoms with E-state index >= 15 is 0 Å². The molecule has 2 amide bonds. The van der Waals surface area contributed by atoms with Crippen LogP contribution in [0, 0.1) is 18.8 Å². The lowest BCUT2D eigenvalue weighted by atomic mass is 9.52. The molecule has 8 rings (SSSR count). The van der Waals surface area contributed by atoms with E-state index in [9.17, 15) is 38.4 Å². The number of carbonyl (C=O) groups is 8. The van der Waals surface area contributed by atoms with Crippen molar-refractivity contribution in [3.8, 4) is 11.5 Å². The normalized spacial score (nSPS) is 19.8. The summed E-state index contributed by atoms with van der Waals surface area (Å²) >= 11 is 0. The van der Waals surface area contributed by atoms with Gasteiger partial charge in [-0.25, -0.2) is 28.8 Å². The van der Waals surface area contributed by atoms with Crippen LogP contribution in [0.4, 0.5) is 5.69 Å². The molecule has 4 saturated carbocycles. The maximum Gasteiger partial charge on any atom is 0.338 e. The molecule has 4 fully saturated rings. The van der Waals surface area contributed by atoms with Gasteiger partial charge in [0.1, 0.15) is 34.9 Å². The molecule has 394 valence electrons. The van der Waals surface area contributed by atoms with E-state index in [4.69, 9.17) is 33.2 Å². The van der Waals surface area contributed by atoms with Crippen LogP contribution in [0.5, 0.6) is 11.5 Å². The predicted molar refractivity (Wildman–Crippen MR) is 273 cm³/mol. The molecule has 4 aromatic carbocycles. The Bertz CT molecular complexity index is 2890. The zero-order chi connectivity index (χ0) is 54.2. The van der Waals surface area contributed by atoms with Gasteiger partial charge in [-0.05, 0) is 151 Å². The van der Waals surface area contributed by atoms with E-state index in [-0.39, 0.29) is 100 Å². The van der Waals surface area contributed by atoms with Crippen LogP contribution >= 0.6 is 0 Å². The van der Waals surface area contributed by atoms with Gasteiger partial charge in [-0.15, -0.1) is 0 Å². The van der Waals surface area contributed by atoms with Crippen LogP contribution in [0.25, 0.3) is 0 Å². The molecule has 4 atom stereocenters. The summed E-state index contributed by atoms with van der Waals surface area (Å²) in [6.45, 7) is 15.1. The summed E-state index contributed by atoms with van der Waals surface area (Å²) in [7, 11) is 1.38. The SMILES string of the molecule is C=C(C)C(=O)OC(C)CCOC(=O)c1ccc(Oc2ccc(C(=O)OCCC(C)OC(=O)C(=C)C)c(C(=O)Nc3ccc(C(=O)OC45CC6CC(CC(OC(=O)c7ccc(C)cc7)(C6)C4)C5)cc3)c2)cc1C(=O)NC. The highest BCUT2D eigenvalue weighted by molar-refractivity contribution is 6.11. The van der Waals surface area contributed by atoms with Crippen molar-refractivity contribution in [2.75, 3.05) is 25.6 Å². The number of hydrogen-bond donors (Lipinski definition) is 2. The highest BCUT2D eigenvalue weighted by Gasteiger charge is 2.61.